The first-order valence-corrected chi connectivity index (χ1v) is 7.13. The third kappa shape index (κ3) is 4.39. The maximum absolute atomic E-state index is 5.70. The Balaban J connectivity index is 1.62. The van der Waals surface area contributed by atoms with Crippen molar-refractivity contribution in [3.05, 3.63) is 22.4 Å². The van der Waals surface area contributed by atoms with Gasteiger partial charge in [0.2, 0.25) is 0 Å². The average molecular weight is 254 g/mol. The van der Waals surface area contributed by atoms with Crippen LogP contribution in [0.15, 0.2) is 17.5 Å². The fourth-order valence-electron chi connectivity index (χ4n) is 2.17. The number of morpholine rings is 1. The summed E-state index contributed by atoms with van der Waals surface area (Å²) in [5.41, 5.74) is 0.0198. The van der Waals surface area contributed by atoms with E-state index in [1.165, 1.54) is 4.88 Å². The van der Waals surface area contributed by atoms with E-state index in [9.17, 15) is 0 Å². The molecule has 17 heavy (non-hydrogen) atoms. The molecule has 0 atom stereocenters. The molecule has 0 unspecified atom stereocenters. The third-order valence-corrected chi connectivity index (χ3v) is 3.87. The first-order valence-electron chi connectivity index (χ1n) is 6.25. The van der Waals surface area contributed by atoms with Crippen LogP contribution in [0.5, 0.6) is 0 Å². The minimum atomic E-state index is 0.0198. The summed E-state index contributed by atoms with van der Waals surface area (Å²) in [6.07, 6.45) is 0. The van der Waals surface area contributed by atoms with Crippen molar-refractivity contribution >= 4 is 11.3 Å². The van der Waals surface area contributed by atoms with E-state index in [0.29, 0.717) is 0 Å². The summed E-state index contributed by atoms with van der Waals surface area (Å²) in [5, 5.41) is 5.62. The second-order valence-electron chi connectivity index (χ2n) is 5.14. The van der Waals surface area contributed by atoms with Gasteiger partial charge < -0.3 is 10.1 Å². The highest BCUT2D eigenvalue weighted by Crippen LogP contribution is 2.15. The third-order valence-electron chi connectivity index (χ3n) is 2.99. The average Bonchev–Trinajstić information content (AvgIpc) is 2.76. The van der Waals surface area contributed by atoms with Gasteiger partial charge >= 0.3 is 0 Å². The van der Waals surface area contributed by atoms with E-state index < -0.39 is 0 Å². The molecule has 0 saturated carbocycles. The summed E-state index contributed by atoms with van der Waals surface area (Å²) in [7, 11) is 0. The molecule has 1 fully saturated rings. The molecule has 96 valence electrons. The molecule has 2 rings (SSSR count). The van der Waals surface area contributed by atoms with E-state index in [1.807, 2.05) is 11.3 Å². The molecule has 0 radical (unpaired) electrons. The van der Waals surface area contributed by atoms with Gasteiger partial charge in [0.15, 0.2) is 0 Å². The predicted molar refractivity (Wildman–Crippen MR) is 72.5 cm³/mol. The lowest BCUT2D eigenvalue weighted by molar-refractivity contribution is -0.0854. The van der Waals surface area contributed by atoms with Crippen LogP contribution < -0.4 is 5.32 Å². The van der Waals surface area contributed by atoms with Crippen molar-refractivity contribution in [2.24, 2.45) is 0 Å². The number of ether oxygens (including phenoxy) is 1. The molecule has 0 bridgehead atoms. The van der Waals surface area contributed by atoms with Crippen molar-refractivity contribution in [2.45, 2.75) is 26.0 Å². The minimum Gasteiger partial charge on any atom is -0.373 e. The highest BCUT2D eigenvalue weighted by atomic mass is 32.1. The van der Waals surface area contributed by atoms with Crippen LogP contribution in [0.1, 0.15) is 18.7 Å². The van der Waals surface area contributed by atoms with Gasteiger partial charge in [-0.25, -0.2) is 0 Å². The second kappa shape index (κ2) is 5.96. The van der Waals surface area contributed by atoms with Gasteiger partial charge in [0, 0.05) is 37.6 Å². The molecule has 4 heteroatoms. The lowest BCUT2D eigenvalue weighted by Gasteiger charge is -2.38. The number of hydrogen-bond donors (Lipinski definition) is 1. The van der Waals surface area contributed by atoms with Crippen LogP contribution in [0.4, 0.5) is 0 Å². The lowest BCUT2D eigenvalue weighted by atomic mass is 10.1. The first kappa shape index (κ1) is 13.0. The Kier molecular flexibility index (Phi) is 4.56. The molecule has 0 amide bonds. The van der Waals surface area contributed by atoms with E-state index in [0.717, 1.165) is 39.3 Å². The van der Waals surface area contributed by atoms with Crippen LogP contribution in [0.2, 0.25) is 0 Å². The minimum absolute atomic E-state index is 0.0198. The molecule has 0 aliphatic carbocycles. The number of thiophene rings is 1. The number of hydrogen-bond acceptors (Lipinski definition) is 4. The van der Waals surface area contributed by atoms with Crippen molar-refractivity contribution in [2.75, 3.05) is 32.8 Å². The zero-order chi connectivity index (χ0) is 12.1. The zero-order valence-corrected chi connectivity index (χ0v) is 11.6. The molecule has 0 aromatic carbocycles. The molecule has 0 spiro atoms. The number of rotatable bonds is 5. The molecule has 1 aliphatic rings. The Morgan fingerprint density at radius 2 is 2.41 bits per heavy atom. The summed E-state index contributed by atoms with van der Waals surface area (Å²) >= 11 is 1.81. The van der Waals surface area contributed by atoms with Crippen molar-refractivity contribution < 1.29 is 4.74 Å². The summed E-state index contributed by atoms with van der Waals surface area (Å²) in [6, 6.07) is 4.28. The zero-order valence-electron chi connectivity index (χ0n) is 10.7. The number of nitrogens with one attached hydrogen (secondary N) is 1. The molecule has 3 nitrogen and oxygen atoms in total. The second-order valence-corrected chi connectivity index (χ2v) is 6.17. The molecule has 1 N–H and O–H groups in total. The van der Waals surface area contributed by atoms with E-state index in [1.54, 1.807) is 0 Å². The van der Waals surface area contributed by atoms with Crippen molar-refractivity contribution in [3.8, 4) is 0 Å². The summed E-state index contributed by atoms with van der Waals surface area (Å²) in [4.78, 5) is 3.89. The molecule has 1 aromatic heterocycles. The van der Waals surface area contributed by atoms with Gasteiger partial charge in [0.25, 0.3) is 0 Å². The van der Waals surface area contributed by atoms with E-state index in [-0.39, 0.29) is 5.60 Å². The van der Waals surface area contributed by atoms with E-state index in [2.05, 4.69) is 41.6 Å². The van der Waals surface area contributed by atoms with Crippen LogP contribution >= 0.6 is 11.3 Å². The SMILES string of the molecule is CC1(C)CN(CCNCc2cccs2)CCO1. The van der Waals surface area contributed by atoms with E-state index in [4.69, 9.17) is 4.74 Å². The van der Waals surface area contributed by atoms with Crippen molar-refractivity contribution in [3.63, 3.8) is 0 Å². The summed E-state index contributed by atoms with van der Waals surface area (Å²) < 4.78 is 5.70. The van der Waals surface area contributed by atoms with Gasteiger partial charge in [0.1, 0.15) is 0 Å². The van der Waals surface area contributed by atoms with Gasteiger partial charge in [0.05, 0.1) is 12.2 Å². The molecular weight excluding hydrogens is 232 g/mol. The lowest BCUT2D eigenvalue weighted by Crippen LogP contribution is -2.49. The first-order chi connectivity index (χ1) is 8.16. The predicted octanol–water partition coefficient (Wildman–Crippen LogP) is 1.95. The van der Waals surface area contributed by atoms with Crippen LogP contribution in [0.3, 0.4) is 0 Å². The molecule has 1 aliphatic heterocycles. The maximum Gasteiger partial charge on any atom is 0.0753 e. The van der Waals surface area contributed by atoms with Crippen LogP contribution in [-0.4, -0.2) is 43.3 Å². The standard InChI is InChI=1S/C13H22N2OS/c1-13(2)11-15(7-8-16-13)6-5-14-10-12-4-3-9-17-12/h3-4,9,14H,5-8,10-11H2,1-2H3. The van der Waals surface area contributed by atoms with Crippen LogP contribution in [0, 0.1) is 0 Å². The van der Waals surface area contributed by atoms with Crippen LogP contribution in [0.25, 0.3) is 0 Å². The quantitative estimate of drug-likeness (QED) is 0.813. The highest BCUT2D eigenvalue weighted by molar-refractivity contribution is 7.09. The molecule has 2 heterocycles. The Morgan fingerprint density at radius 3 is 3.12 bits per heavy atom. The normalized spacial score (nSPS) is 20.6. The fraction of sp³-hybridized carbons (Fsp3) is 0.692. The summed E-state index contributed by atoms with van der Waals surface area (Å²) in [6.45, 7) is 10.4. The molecule has 1 aromatic rings. The van der Waals surface area contributed by atoms with Crippen molar-refractivity contribution in [1.29, 1.82) is 0 Å². The maximum atomic E-state index is 5.70. The largest absolute Gasteiger partial charge is 0.373 e. The van der Waals surface area contributed by atoms with Gasteiger partial charge in [-0.2, -0.15) is 0 Å². The van der Waals surface area contributed by atoms with E-state index >= 15 is 0 Å². The van der Waals surface area contributed by atoms with Gasteiger partial charge in [-0.05, 0) is 25.3 Å². The topological polar surface area (TPSA) is 24.5 Å². The van der Waals surface area contributed by atoms with Gasteiger partial charge in [-0.15, -0.1) is 11.3 Å². The van der Waals surface area contributed by atoms with Crippen molar-refractivity contribution in [1.82, 2.24) is 10.2 Å². The Morgan fingerprint density at radius 1 is 1.53 bits per heavy atom. The molecule has 1 saturated heterocycles. The van der Waals surface area contributed by atoms with Crippen LogP contribution in [-0.2, 0) is 11.3 Å². The highest BCUT2D eigenvalue weighted by Gasteiger charge is 2.26. The Hall–Kier alpha value is -0.420. The fourth-order valence-corrected chi connectivity index (χ4v) is 2.84. The van der Waals surface area contributed by atoms with Gasteiger partial charge in [-0.3, -0.25) is 4.90 Å². The number of nitrogens with zero attached hydrogens (tertiary/aromatic N) is 1. The smallest absolute Gasteiger partial charge is 0.0753 e. The Labute approximate surface area is 108 Å². The summed E-state index contributed by atoms with van der Waals surface area (Å²) in [5.74, 6) is 0. The Bertz CT molecular complexity index is 324. The molecular formula is C13H22N2OS. The monoisotopic (exact) mass is 254 g/mol. The van der Waals surface area contributed by atoms with Gasteiger partial charge in [-0.1, -0.05) is 6.07 Å².